The van der Waals surface area contributed by atoms with E-state index in [4.69, 9.17) is 22.0 Å². The molecule has 7 nitrogen and oxygen atoms in total. The van der Waals surface area contributed by atoms with Crippen molar-refractivity contribution in [3.8, 4) is 28.6 Å². The van der Waals surface area contributed by atoms with Crippen LogP contribution in [0, 0.1) is 24.5 Å². The summed E-state index contributed by atoms with van der Waals surface area (Å²) in [5.74, 6) is 0. The fourth-order valence-corrected chi connectivity index (χ4v) is 9.12. The van der Waals surface area contributed by atoms with Gasteiger partial charge in [-0.2, -0.15) is 5.26 Å². The molecule has 0 radical (unpaired) electrons. The van der Waals surface area contributed by atoms with Crippen molar-refractivity contribution in [3.63, 3.8) is 0 Å². The molecule has 0 saturated carbocycles. The average Bonchev–Trinajstić information content (AvgIpc) is 4.03. The van der Waals surface area contributed by atoms with Gasteiger partial charge in [-0.1, -0.05) is 91.0 Å². The molecule has 12 aromatic rings. The van der Waals surface area contributed by atoms with Crippen molar-refractivity contribution < 1.29 is 8.83 Å². The zero-order valence-corrected chi connectivity index (χ0v) is 30.5. The third-order valence-electron chi connectivity index (χ3n) is 11.6. The Labute approximate surface area is 329 Å². The van der Waals surface area contributed by atoms with Crippen molar-refractivity contribution in [2.24, 2.45) is 0 Å². The molecule has 0 spiro atoms. The molecule has 0 N–H and O–H groups in total. The minimum atomic E-state index is 0.209. The standard InChI is InChI=1S/C51H25N5O2/c1-53-40-26-30(27-44(47(40)54-2)56-42-16-8-4-12-32(42)36-21-23-38-34-14-6-10-18-46(34)58-51(38)49(36)56)39-25-29(28-52)19-24-43(39)55-41-15-7-3-11-31(41)35-20-22-37-33-13-5-9-17-45(33)57-50(37)48(35)55/h3-27H. The van der Waals surface area contributed by atoms with Gasteiger partial charge in [-0.25, -0.2) is 9.69 Å². The second-order valence-corrected chi connectivity index (χ2v) is 14.5. The van der Waals surface area contributed by atoms with E-state index < -0.39 is 0 Å². The molecule has 7 heteroatoms. The van der Waals surface area contributed by atoms with E-state index in [1.54, 1.807) is 6.07 Å². The first-order valence-electron chi connectivity index (χ1n) is 18.8. The molecule has 0 saturated heterocycles. The highest BCUT2D eigenvalue weighted by Crippen LogP contribution is 2.48. The van der Waals surface area contributed by atoms with Gasteiger partial charge in [0.05, 0.1) is 52.5 Å². The summed E-state index contributed by atoms with van der Waals surface area (Å²) in [5, 5.41) is 18.4. The lowest BCUT2D eigenvalue weighted by atomic mass is 9.98. The Morgan fingerprint density at radius 2 is 1.00 bits per heavy atom. The predicted octanol–water partition coefficient (Wildman–Crippen LogP) is 14.3. The van der Waals surface area contributed by atoms with E-state index in [2.05, 4.69) is 79.5 Å². The van der Waals surface area contributed by atoms with Gasteiger partial charge in [-0.15, -0.1) is 0 Å². The van der Waals surface area contributed by atoms with Gasteiger partial charge in [-0.3, -0.25) is 0 Å². The molecule has 0 amide bonds. The Balaban J connectivity index is 1.22. The van der Waals surface area contributed by atoms with Crippen molar-refractivity contribution in [2.45, 2.75) is 0 Å². The van der Waals surface area contributed by atoms with Gasteiger partial charge in [0.25, 0.3) is 0 Å². The number of nitriles is 1. The second kappa shape index (κ2) is 11.7. The largest absolute Gasteiger partial charge is 0.454 e. The molecule has 0 aliphatic carbocycles. The summed E-state index contributed by atoms with van der Waals surface area (Å²) in [6.45, 7) is 16.9. The van der Waals surface area contributed by atoms with Crippen LogP contribution in [-0.2, 0) is 0 Å². The van der Waals surface area contributed by atoms with Crippen LogP contribution < -0.4 is 0 Å². The SMILES string of the molecule is [C-]#[N+]c1cc(-c2cc(C#N)ccc2-n2c3ccccc3c3ccc4c5ccccc5oc4c32)cc(-n2c3ccccc3c3ccc4c5ccccc5oc4c32)c1[N+]#[C-]. The minimum absolute atomic E-state index is 0.209. The van der Waals surface area contributed by atoms with E-state index in [0.29, 0.717) is 22.4 Å². The zero-order chi connectivity index (χ0) is 38.6. The summed E-state index contributed by atoms with van der Waals surface area (Å²) in [4.78, 5) is 7.99. The molecule has 12 rings (SSSR count). The Kier molecular flexibility index (Phi) is 6.41. The van der Waals surface area contributed by atoms with Crippen molar-refractivity contribution in [3.05, 3.63) is 180 Å². The first-order chi connectivity index (χ1) is 28.6. The van der Waals surface area contributed by atoms with Crippen LogP contribution in [0.3, 0.4) is 0 Å². The fraction of sp³-hybridized carbons (Fsp3) is 0. The van der Waals surface area contributed by atoms with Crippen LogP contribution in [0.5, 0.6) is 0 Å². The number of furan rings is 2. The molecule has 0 bridgehead atoms. The number of nitrogens with zero attached hydrogens (tertiary/aromatic N) is 5. The van der Waals surface area contributed by atoms with Crippen LogP contribution in [0.2, 0.25) is 0 Å². The molecule has 0 atom stereocenters. The zero-order valence-electron chi connectivity index (χ0n) is 30.5. The Bertz CT molecular complexity index is 3910. The topological polar surface area (TPSA) is 68.6 Å². The van der Waals surface area contributed by atoms with Crippen LogP contribution in [-0.4, -0.2) is 9.13 Å². The highest BCUT2D eigenvalue weighted by atomic mass is 16.3. The summed E-state index contributed by atoms with van der Waals surface area (Å²) in [7, 11) is 0. The van der Waals surface area contributed by atoms with Gasteiger partial charge in [0.2, 0.25) is 5.69 Å². The Morgan fingerprint density at radius 3 is 1.55 bits per heavy atom. The van der Waals surface area contributed by atoms with Crippen LogP contribution in [0.15, 0.2) is 160 Å². The molecular weight excluding hydrogens is 715 g/mol. The van der Waals surface area contributed by atoms with Crippen molar-refractivity contribution >= 4 is 98.9 Å². The lowest BCUT2D eigenvalue weighted by Gasteiger charge is -2.18. The second-order valence-electron chi connectivity index (χ2n) is 14.5. The van der Waals surface area contributed by atoms with Crippen molar-refractivity contribution in [1.82, 2.24) is 9.13 Å². The number of aromatic nitrogens is 2. The van der Waals surface area contributed by atoms with Crippen LogP contribution in [0.4, 0.5) is 11.4 Å². The van der Waals surface area contributed by atoms with Crippen LogP contribution in [0.25, 0.3) is 120 Å². The smallest absolute Gasteiger partial charge is 0.217 e. The number of hydrogen-bond donors (Lipinski definition) is 0. The number of fused-ring (bicyclic) bond motifs is 14. The number of hydrogen-bond acceptors (Lipinski definition) is 3. The lowest BCUT2D eigenvalue weighted by Crippen LogP contribution is -2.00. The monoisotopic (exact) mass is 739 g/mol. The quantitative estimate of drug-likeness (QED) is 0.169. The van der Waals surface area contributed by atoms with Gasteiger partial charge in [0.15, 0.2) is 16.9 Å². The molecule has 0 aliphatic heterocycles. The maximum Gasteiger partial charge on any atom is 0.217 e. The summed E-state index contributed by atoms with van der Waals surface area (Å²) >= 11 is 0. The summed E-state index contributed by atoms with van der Waals surface area (Å²) in [6, 6.07) is 52.7. The lowest BCUT2D eigenvalue weighted by molar-refractivity contribution is 0.671. The molecule has 58 heavy (non-hydrogen) atoms. The molecular formula is C51H25N5O2. The molecule has 0 aliphatic rings. The van der Waals surface area contributed by atoms with Gasteiger partial charge in [-0.05, 0) is 66.2 Å². The van der Waals surface area contributed by atoms with E-state index >= 15 is 0 Å². The Morgan fingerprint density at radius 1 is 0.483 bits per heavy atom. The van der Waals surface area contributed by atoms with Gasteiger partial charge < -0.3 is 18.0 Å². The summed E-state index contributed by atoms with van der Waals surface area (Å²) in [6.07, 6.45) is 0. The first kappa shape index (κ1) is 31.7. The normalized spacial score (nSPS) is 11.7. The third-order valence-corrected chi connectivity index (χ3v) is 11.6. The third kappa shape index (κ3) is 4.18. The fourth-order valence-electron chi connectivity index (χ4n) is 9.12. The minimum Gasteiger partial charge on any atom is -0.454 e. The van der Waals surface area contributed by atoms with Gasteiger partial charge >= 0.3 is 0 Å². The Hall–Kier alpha value is -8.57. The van der Waals surface area contributed by atoms with E-state index in [1.165, 1.54) is 0 Å². The van der Waals surface area contributed by atoms with Crippen molar-refractivity contribution in [2.75, 3.05) is 0 Å². The number of benzene rings is 8. The van der Waals surface area contributed by atoms with Crippen LogP contribution >= 0.6 is 0 Å². The maximum absolute atomic E-state index is 10.3. The molecule has 4 aromatic heterocycles. The molecule has 4 heterocycles. The van der Waals surface area contributed by atoms with Gasteiger partial charge in [0.1, 0.15) is 11.2 Å². The number of para-hydroxylation sites is 4. The van der Waals surface area contributed by atoms with E-state index in [-0.39, 0.29) is 11.4 Å². The molecule has 8 aromatic carbocycles. The van der Waals surface area contributed by atoms with Crippen molar-refractivity contribution in [1.29, 1.82) is 5.26 Å². The highest BCUT2D eigenvalue weighted by Gasteiger charge is 2.25. The van der Waals surface area contributed by atoms with Gasteiger partial charge in [0, 0.05) is 54.3 Å². The van der Waals surface area contributed by atoms with E-state index in [9.17, 15) is 5.26 Å². The average molecular weight is 740 g/mol. The van der Waals surface area contributed by atoms with Crippen LogP contribution in [0.1, 0.15) is 5.56 Å². The van der Waals surface area contributed by atoms with E-state index in [0.717, 1.165) is 93.2 Å². The maximum atomic E-state index is 10.3. The summed E-state index contributed by atoms with van der Waals surface area (Å²) in [5.41, 5.74) is 10.3. The predicted molar refractivity (Wildman–Crippen MR) is 232 cm³/mol. The van der Waals surface area contributed by atoms with E-state index in [1.807, 2.05) is 91.0 Å². The molecule has 0 unspecified atom stereocenters. The number of rotatable bonds is 3. The molecule has 0 fully saturated rings. The summed E-state index contributed by atoms with van der Waals surface area (Å²) < 4.78 is 17.6. The highest BCUT2D eigenvalue weighted by molar-refractivity contribution is 6.23. The first-order valence-corrected chi connectivity index (χ1v) is 18.8. The molecule has 266 valence electrons.